The number of rotatable bonds is 6. The van der Waals surface area contributed by atoms with E-state index in [0.717, 1.165) is 12.1 Å². The third-order valence-corrected chi connectivity index (χ3v) is 4.93. The summed E-state index contributed by atoms with van der Waals surface area (Å²) in [6, 6.07) is 3.58. The quantitative estimate of drug-likeness (QED) is 0.827. The Bertz CT molecular complexity index is 748. The summed E-state index contributed by atoms with van der Waals surface area (Å²) in [5.41, 5.74) is 2.33. The van der Waals surface area contributed by atoms with Crippen molar-refractivity contribution in [3.63, 3.8) is 0 Å². The number of thiazole rings is 1. The molecule has 0 spiro atoms. The van der Waals surface area contributed by atoms with Gasteiger partial charge in [-0.3, -0.25) is 4.79 Å². The maximum absolute atomic E-state index is 13.1. The molecular formula is C13H14FN3O3S2. The van der Waals surface area contributed by atoms with Crippen LogP contribution in [0, 0.1) is 5.82 Å². The van der Waals surface area contributed by atoms with Crippen molar-refractivity contribution < 1.29 is 17.6 Å². The Kier molecular flexibility index (Phi) is 5.22. The van der Waals surface area contributed by atoms with Crippen LogP contribution in [-0.4, -0.2) is 25.4 Å². The zero-order chi connectivity index (χ0) is 16.2. The van der Waals surface area contributed by atoms with E-state index >= 15 is 0 Å². The number of nitrogens with zero attached hydrogens (tertiary/aromatic N) is 1. The van der Waals surface area contributed by atoms with Gasteiger partial charge < -0.3 is 5.32 Å². The standard InChI is InChI=1S/C13H14FN3O3S2/c1-9(13(18)15-6-11-7-21-8-16-11)17-22(19,20)12-4-2-3-10(14)5-12/h2-5,7-9,17H,6H2,1H3,(H,15,18)/t9-/m0/s1. The Balaban J connectivity index is 1.98. The van der Waals surface area contributed by atoms with Gasteiger partial charge in [-0.1, -0.05) is 6.07 Å². The molecule has 2 N–H and O–H groups in total. The predicted octanol–water partition coefficient (Wildman–Crippen LogP) is 1.27. The van der Waals surface area contributed by atoms with Gasteiger partial charge in [0.15, 0.2) is 0 Å². The average Bonchev–Trinajstić information content (AvgIpc) is 2.97. The Morgan fingerprint density at radius 2 is 2.23 bits per heavy atom. The van der Waals surface area contributed by atoms with Crippen molar-refractivity contribution in [3.8, 4) is 0 Å². The Labute approximate surface area is 131 Å². The van der Waals surface area contributed by atoms with Crippen LogP contribution in [0.4, 0.5) is 4.39 Å². The fraction of sp³-hybridized carbons (Fsp3) is 0.231. The molecule has 6 nitrogen and oxygen atoms in total. The van der Waals surface area contributed by atoms with Gasteiger partial charge in [-0.15, -0.1) is 11.3 Å². The third kappa shape index (κ3) is 4.33. The van der Waals surface area contributed by atoms with Crippen LogP contribution in [0.3, 0.4) is 0 Å². The summed E-state index contributed by atoms with van der Waals surface area (Å²) in [7, 11) is -3.96. The molecule has 1 aromatic carbocycles. The molecule has 0 fully saturated rings. The van der Waals surface area contributed by atoms with Gasteiger partial charge in [0.25, 0.3) is 0 Å². The Hall–Kier alpha value is -1.84. The number of benzene rings is 1. The first-order valence-corrected chi connectivity index (χ1v) is 8.74. The molecule has 0 aliphatic carbocycles. The molecule has 0 aliphatic rings. The maximum Gasteiger partial charge on any atom is 0.241 e. The van der Waals surface area contributed by atoms with E-state index < -0.39 is 27.8 Å². The van der Waals surface area contributed by atoms with Crippen molar-refractivity contribution in [3.05, 3.63) is 46.7 Å². The van der Waals surface area contributed by atoms with Crippen molar-refractivity contribution in [1.29, 1.82) is 0 Å². The molecule has 2 rings (SSSR count). The highest BCUT2D eigenvalue weighted by Gasteiger charge is 2.22. The van der Waals surface area contributed by atoms with E-state index in [1.54, 1.807) is 10.9 Å². The highest BCUT2D eigenvalue weighted by atomic mass is 32.2. The average molecular weight is 343 g/mol. The van der Waals surface area contributed by atoms with Gasteiger partial charge >= 0.3 is 0 Å². The minimum Gasteiger partial charge on any atom is -0.349 e. The molecule has 1 aromatic heterocycles. The van der Waals surface area contributed by atoms with E-state index in [1.807, 2.05) is 0 Å². The second-order valence-electron chi connectivity index (χ2n) is 4.50. The lowest BCUT2D eigenvalue weighted by atomic mass is 10.3. The number of carbonyl (C=O) groups excluding carboxylic acids is 1. The summed E-state index contributed by atoms with van der Waals surface area (Å²) in [5, 5.41) is 4.35. The molecule has 0 unspecified atom stereocenters. The fourth-order valence-electron chi connectivity index (χ4n) is 1.64. The van der Waals surface area contributed by atoms with E-state index in [4.69, 9.17) is 0 Å². The predicted molar refractivity (Wildman–Crippen MR) is 80.1 cm³/mol. The third-order valence-electron chi connectivity index (χ3n) is 2.76. The van der Waals surface area contributed by atoms with E-state index in [1.165, 1.54) is 30.4 Å². The van der Waals surface area contributed by atoms with Gasteiger partial charge in [0.05, 0.1) is 28.7 Å². The van der Waals surface area contributed by atoms with Crippen molar-refractivity contribution in [1.82, 2.24) is 15.0 Å². The monoisotopic (exact) mass is 343 g/mol. The molecule has 1 heterocycles. The molecule has 118 valence electrons. The van der Waals surface area contributed by atoms with Gasteiger partial charge in [0.2, 0.25) is 15.9 Å². The fourth-order valence-corrected chi connectivity index (χ4v) is 3.44. The lowest BCUT2D eigenvalue weighted by Crippen LogP contribution is -2.44. The molecule has 0 radical (unpaired) electrons. The van der Waals surface area contributed by atoms with Crippen molar-refractivity contribution in [2.75, 3.05) is 0 Å². The van der Waals surface area contributed by atoms with Gasteiger partial charge in [0.1, 0.15) is 5.82 Å². The van der Waals surface area contributed by atoms with Crippen LogP contribution in [0.5, 0.6) is 0 Å². The van der Waals surface area contributed by atoms with E-state index in [0.29, 0.717) is 5.69 Å². The van der Waals surface area contributed by atoms with E-state index in [2.05, 4.69) is 15.0 Å². The van der Waals surface area contributed by atoms with Crippen LogP contribution in [0.15, 0.2) is 40.1 Å². The molecule has 2 aromatic rings. The minimum absolute atomic E-state index is 0.217. The van der Waals surface area contributed by atoms with Crippen molar-refractivity contribution >= 4 is 27.3 Å². The lowest BCUT2D eigenvalue weighted by molar-refractivity contribution is -0.122. The second-order valence-corrected chi connectivity index (χ2v) is 6.93. The topological polar surface area (TPSA) is 88.2 Å². The molecule has 0 saturated heterocycles. The number of amides is 1. The number of nitrogens with one attached hydrogen (secondary N) is 2. The molecule has 0 bridgehead atoms. The maximum atomic E-state index is 13.1. The zero-order valence-corrected chi connectivity index (χ0v) is 13.2. The largest absolute Gasteiger partial charge is 0.349 e. The molecule has 1 amide bonds. The summed E-state index contributed by atoms with van der Waals surface area (Å²) >= 11 is 1.40. The molecular weight excluding hydrogens is 329 g/mol. The normalized spacial score (nSPS) is 12.8. The van der Waals surface area contributed by atoms with Crippen molar-refractivity contribution in [2.24, 2.45) is 0 Å². The number of hydrogen-bond donors (Lipinski definition) is 2. The summed E-state index contributed by atoms with van der Waals surface area (Å²) in [4.78, 5) is 15.7. The Morgan fingerprint density at radius 3 is 2.86 bits per heavy atom. The molecule has 22 heavy (non-hydrogen) atoms. The number of hydrogen-bond acceptors (Lipinski definition) is 5. The summed E-state index contributed by atoms with van der Waals surface area (Å²) < 4.78 is 39.4. The Morgan fingerprint density at radius 1 is 1.45 bits per heavy atom. The second kappa shape index (κ2) is 6.95. The van der Waals surface area contributed by atoms with Crippen LogP contribution in [-0.2, 0) is 21.4 Å². The van der Waals surface area contributed by atoms with Crippen LogP contribution in [0.2, 0.25) is 0 Å². The highest BCUT2D eigenvalue weighted by molar-refractivity contribution is 7.89. The number of halogens is 1. The number of sulfonamides is 1. The van der Waals surface area contributed by atoms with Crippen LogP contribution in [0.25, 0.3) is 0 Å². The first-order chi connectivity index (χ1) is 10.4. The number of aromatic nitrogens is 1. The van der Waals surface area contributed by atoms with Gasteiger partial charge in [-0.25, -0.2) is 17.8 Å². The zero-order valence-electron chi connectivity index (χ0n) is 11.6. The summed E-state index contributed by atoms with van der Waals surface area (Å²) in [5.74, 6) is -1.16. The molecule has 0 saturated carbocycles. The smallest absolute Gasteiger partial charge is 0.241 e. The summed E-state index contributed by atoms with van der Waals surface area (Å²) in [6.45, 7) is 1.63. The molecule has 1 atom stereocenters. The van der Waals surface area contributed by atoms with E-state index in [9.17, 15) is 17.6 Å². The number of carbonyl (C=O) groups is 1. The lowest BCUT2D eigenvalue weighted by Gasteiger charge is -2.14. The molecule has 0 aliphatic heterocycles. The van der Waals surface area contributed by atoms with Crippen LogP contribution >= 0.6 is 11.3 Å². The van der Waals surface area contributed by atoms with Crippen LogP contribution < -0.4 is 10.0 Å². The van der Waals surface area contributed by atoms with Gasteiger partial charge in [-0.05, 0) is 25.1 Å². The first kappa shape index (κ1) is 16.5. The SMILES string of the molecule is C[C@H](NS(=O)(=O)c1cccc(F)c1)C(=O)NCc1cscn1. The summed E-state index contributed by atoms with van der Waals surface area (Å²) in [6.07, 6.45) is 0. The minimum atomic E-state index is -3.96. The highest BCUT2D eigenvalue weighted by Crippen LogP contribution is 2.11. The van der Waals surface area contributed by atoms with Crippen LogP contribution in [0.1, 0.15) is 12.6 Å². The van der Waals surface area contributed by atoms with Gasteiger partial charge in [0, 0.05) is 5.38 Å². The first-order valence-electron chi connectivity index (χ1n) is 6.31. The molecule has 9 heteroatoms. The van der Waals surface area contributed by atoms with E-state index in [-0.39, 0.29) is 11.4 Å². The van der Waals surface area contributed by atoms with Gasteiger partial charge in [-0.2, -0.15) is 4.72 Å². The van der Waals surface area contributed by atoms with Crippen molar-refractivity contribution in [2.45, 2.75) is 24.4 Å².